The fourth-order valence-electron chi connectivity index (χ4n) is 1.56. The third-order valence-electron chi connectivity index (χ3n) is 2.55. The van der Waals surface area contributed by atoms with Gasteiger partial charge < -0.3 is 10.1 Å². The highest BCUT2D eigenvalue weighted by atomic mass is 19.4. The van der Waals surface area contributed by atoms with Crippen molar-refractivity contribution in [2.24, 2.45) is 0 Å². The maximum absolute atomic E-state index is 12.0. The van der Waals surface area contributed by atoms with Gasteiger partial charge in [0.2, 0.25) is 0 Å². The average Bonchev–Trinajstić information content (AvgIpc) is 2.41. The molecule has 0 aliphatic rings. The van der Waals surface area contributed by atoms with Crippen LogP contribution in [0.4, 0.5) is 13.2 Å². The molecule has 1 N–H and O–H groups in total. The Morgan fingerprint density at radius 3 is 2.45 bits per heavy atom. The summed E-state index contributed by atoms with van der Waals surface area (Å²) in [5.74, 6) is 0.208. The van der Waals surface area contributed by atoms with E-state index in [1.165, 1.54) is 12.1 Å². The molecular weight excluding hydrogens is 269 g/mol. The van der Waals surface area contributed by atoms with Gasteiger partial charge in [-0.15, -0.1) is 0 Å². The molecule has 110 valence electrons. The fourth-order valence-corrected chi connectivity index (χ4v) is 1.56. The van der Waals surface area contributed by atoms with Gasteiger partial charge in [-0.25, -0.2) is 0 Å². The van der Waals surface area contributed by atoms with Gasteiger partial charge in [0, 0.05) is 13.0 Å². The molecule has 1 rings (SSSR count). The summed E-state index contributed by atoms with van der Waals surface area (Å²) in [7, 11) is 0. The van der Waals surface area contributed by atoms with E-state index in [0.717, 1.165) is 24.9 Å². The van der Waals surface area contributed by atoms with Gasteiger partial charge in [-0.3, -0.25) is 0 Å². The van der Waals surface area contributed by atoms with E-state index in [9.17, 15) is 13.2 Å². The molecule has 20 heavy (non-hydrogen) atoms. The third kappa shape index (κ3) is 7.64. The van der Waals surface area contributed by atoms with Crippen molar-refractivity contribution in [3.63, 3.8) is 0 Å². The van der Waals surface area contributed by atoms with Gasteiger partial charge in [0.15, 0.2) is 6.61 Å². The quantitative estimate of drug-likeness (QED) is 0.745. The van der Waals surface area contributed by atoms with Crippen molar-refractivity contribution < 1.29 is 17.9 Å². The zero-order chi connectivity index (χ0) is 14.8. The van der Waals surface area contributed by atoms with Gasteiger partial charge >= 0.3 is 6.18 Å². The monoisotopic (exact) mass is 286 g/mol. The van der Waals surface area contributed by atoms with E-state index < -0.39 is 12.8 Å². The van der Waals surface area contributed by atoms with Gasteiger partial charge in [0.1, 0.15) is 5.75 Å². The summed E-state index contributed by atoms with van der Waals surface area (Å²) >= 11 is 0. The molecule has 3 nitrogen and oxygen atoms in total. The van der Waals surface area contributed by atoms with Gasteiger partial charge in [0.25, 0.3) is 0 Å². The number of ether oxygens (including phenoxy) is 1. The number of rotatable bonds is 8. The summed E-state index contributed by atoms with van der Waals surface area (Å²) in [6.45, 7) is 0.184. The van der Waals surface area contributed by atoms with Crippen LogP contribution in [0.1, 0.15) is 24.8 Å². The predicted molar refractivity (Wildman–Crippen MR) is 69.2 cm³/mol. The predicted octanol–water partition coefficient (Wildman–Crippen LogP) is 3.41. The lowest BCUT2D eigenvalue weighted by molar-refractivity contribution is -0.153. The van der Waals surface area contributed by atoms with E-state index in [1.54, 1.807) is 12.1 Å². The van der Waals surface area contributed by atoms with E-state index in [1.807, 2.05) is 0 Å². The molecule has 0 heterocycles. The third-order valence-corrected chi connectivity index (χ3v) is 2.55. The standard InChI is InChI=1S/C14H17F3N2O/c15-14(16,17)11-20-13-6-4-12(5-7-13)10-19-9-3-1-2-8-18/h4-7,19H,1-3,9-11H2. The number of hydrogen-bond donors (Lipinski definition) is 1. The Balaban J connectivity index is 2.23. The molecule has 0 aromatic heterocycles. The number of benzene rings is 1. The minimum absolute atomic E-state index is 0.208. The normalized spacial score (nSPS) is 11.1. The van der Waals surface area contributed by atoms with Crippen molar-refractivity contribution in [2.75, 3.05) is 13.2 Å². The summed E-state index contributed by atoms with van der Waals surface area (Å²) in [4.78, 5) is 0. The van der Waals surface area contributed by atoms with Crippen molar-refractivity contribution in [2.45, 2.75) is 32.0 Å². The fraction of sp³-hybridized carbons (Fsp3) is 0.500. The second-order valence-electron chi connectivity index (χ2n) is 4.34. The van der Waals surface area contributed by atoms with E-state index in [0.29, 0.717) is 13.0 Å². The van der Waals surface area contributed by atoms with Crippen LogP contribution in [0.2, 0.25) is 0 Å². The number of hydrogen-bond acceptors (Lipinski definition) is 3. The number of alkyl halides is 3. The lowest BCUT2D eigenvalue weighted by Gasteiger charge is -2.10. The van der Waals surface area contributed by atoms with Crippen LogP contribution >= 0.6 is 0 Å². The Labute approximate surface area is 116 Å². The van der Waals surface area contributed by atoms with E-state index in [2.05, 4.69) is 16.1 Å². The van der Waals surface area contributed by atoms with Crippen molar-refractivity contribution >= 4 is 0 Å². The summed E-state index contributed by atoms with van der Waals surface area (Å²) in [5, 5.41) is 11.6. The van der Waals surface area contributed by atoms with Crippen molar-refractivity contribution in [1.82, 2.24) is 5.32 Å². The zero-order valence-corrected chi connectivity index (χ0v) is 11.0. The largest absolute Gasteiger partial charge is 0.484 e. The number of halogens is 3. The van der Waals surface area contributed by atoms with E-state index >= 15 is 0 Å². The summed E-state index contributed by atoms with van der Waals surface area (Å²) in [6, 6.07) is 8.60. The second-order valence-corrected chi connectivity index (χ2v) is 4.34. The van der Waals surface area contributed by atoms with E-state index in [4.69, 9.17) is 5.26 Å². The highest BCUT2D eigenvalue weighted by molar-refractivity contribution is 5.27. The number of unbranched alkanes of at least 4 members (excludes halogenated alkanes) is 2. The highest BCUT2D eigenvalue weighted by Gasteiger charge is 2.28. The molecule has 0 amide bonds. The first-order valence-corrected chi connectivity index (χ1v) is 6.37. The first kappa shape index (κ1) is 16.3. The molecule has 0 aliphatic heterocycles. The Morgan fingerprint density at radius 2 is 1.85 bits per heavy atom. The molecular formula is C14H17F3N2O. The molecule has 1 aromatic rings. The van der Waals surface area contributed by atoms with Crippen LogP contribution < -0.4 is 10.1 Å². The molecule has 0 atom stereocenters. The number of nitrogens with one attached hydrogen (secondary N) is 1. The SMILES string of the molecule is N#CCCCCNCc1ccc(OCC(F)(F)F)cc1. The van der Waals surface area contributed by atoms with Gasteiger partial charge in [-0.2, -0.15) is 18.4 Å². The Bertz CT molecular complexity index is 424. The Kier molecular flexibility index (Phi) is 6.88. The molecule has 1 aromatic carbocycles. The second kappa shape index (κ2) is 8.43. The molecule has 0 spiro atoms. The summed E-state index contributed by atoms with van der Waals surface area (Å²) in [6.07, 6.45) is -1.95. The maximum Gasteiger partial charge on any atom is 0.422 e. The van der Waals surface area contributed by atoms with Crippen LogP contribution in [0.5, 0.6) is 5.75 Å². The lowest BCUT2D eigenvalue weighted by atomic mass is 10.2. The molecule has 0 saturated carbocycles. The summed E-state index contributed by atoms with van der Waals surface area (Å²) in [5.41, 5.74) is 0.977. The Hall–Kier alpha value is -1.74. The number of nitrogens with zero attached hydrogens (tertiary/aromatic N) is 1. The Morgan fingerprint density at radius 1 is 1.15 bits per heavy atom. The van der Waals surface area contributed by atoms with Crippen molar-refractivity contribution in [3.8, 4) is 11.8 Å². The topological polar surface area (TPSA) is 45.0 Å². The van der Waals surface area contributed by atoms with Crippen LogP contribution in [-0.4, -0.2) is 19.3 Å². The molecule has 0 radical (unpaired) electrons. The van der Waals surface area contributed by atoms with Crippen molar-refractivity contribution in [3.05, 3.63) is 29.8 Å². The van der Waals surface area contributed by atoms with Gasteiger partial charge in [-0.05, 0) is 37.1 Å². The summed E-state index contributed by atoms with van der Waals surface area (Å²) < 4.78 is 40.5. The smallest absolute Gasteiger partial charge is 0.422 e. The first-order valence-electron chi connectivity index (χ1n) is 6.37. The molecule has 0 fully saturated rings. The van der Waals surface area contributed by atoms with Crippen LogP contribution in [0, 0.1) is 11.3 Å². The lowest BCUT2D eigenvalue weighted by Crippen LogP contribution is -2.19. The molecule has 0 saturated heterocycles. The zero-order valence-electron chi connectivity index (χ0n) is 11.0. The highest BCUT2D eigenvalue weighted by Crippen LogP contribution is 2.18. The van der Waals surface area contributed by atoms with Crippen LogP contribution in [0.15, 0.2) is 24.3 Å². The molecule has 6 heteroatoms. The van der Waals surface area contributed by atoms with Crippen molar-refractivity contribution in [1.29, 1.82) is 5.26 Å². The van der Waals surface area contributed by atoms with Crippen LogP contribution in [-0.2, 0) is 6.54 Å². The van der Waals surface area contributed by atoms with Gasteiger partial charge in [-0.1, -0.05) is 12.1 Å². The maximum atomic E-state index is 12.0. The van der Waals surface area contributed by atoms with E-state index in [-0.39, 0.29) is 5.75 Å². The molecule has 0 bridgehead atoms. The van der Waals surface area contributed by atoms with Crippen LogP contribution in [0.25, 0.3) is 0 Å². The number of nitriles is 1. The minimum Gasteiger partial charge on any atom is -0.484 e. The molecule has 0 unspecified atom stereocenters. The van der Waals surface area contributed by atoms with Crippen LogP contribution in [0.3, 0.4) is 0 Å². The molecule has 0 aliphatic carbocycles. The first-order chi connectivity index (χ1) is 9.51. The van der Waals surface area contributed by atoms with Gasteiger partial charge in [0.05, 0.1) is 6.07 Å². The average molecular weight is 286 g/mol. The minimum atomic E-state index is -4.32.